The number of nitrogens with two attached hydrogens (primary N) is 1. The minimum absolute atomic E-state index is 0.0210. The number of aryl methyl sites for hydroxylation is 1. The zero-order chi connectivity index (χ0) is 16.6. The Bertz CT molecular complexity index is 750. The van der Waals surface area contributed by atoms with Gasteiger partial charge in [0, 0.05) is 12.3 Å². The highest BCUT2D eigenvalue weighted by Crippen LogP contribution is 2.33. The molecule has 0 unspecified atom stereocenters. The number of aromatic nitrogens is 1. The highest BCUT2D eigenvalue weighted by molar-refractivity contribution is 7.99. The number of carbonyl (C=O) groups excluding carboxylic acids is 1. The summed E-state index contributed by atoms with van der Waals surface area (Å²) in [6, 6.07) is 3.59. The molecule has 2 N–H and O–H groups in total. The second-order valence-corrected chi connectivity index (χ2v) is 7.41. The average molecular weight is 355 g/mol. The first-order chi connectivity index (χ1) is 11.0. The van der Waals surface area contributed by atoms with Crippen molar-refractivity contribution in [1.82, 2.24) is 9.88 Å². The van der Waals surface area contributed by atoms with E-state index < -0.39 is 11.6 Å². The van der Waals surface area contributed by atoms with Crippen LogP contribution in [0.2, 0.25) is 0 Å². The van der Waals surface area contributed by atoms with E-state index in [2.05, 4.69) is 4.98 Å². The van der Waals surface area contributed by atoms with E-state index in [-0.39, 0.29) is 17.6 Å². The normalized spacial score (nSPS) is 17.7. The summed E-state index contributed by atoms with van der Waals surface area (Å²) >= 11 is 2.93. The Morgan fingerprint density at radius 3 is 2.91 bits per heavy atom. The maximum atomic E-state index is 13.5. The fraction of sp³-hybridized carbons (Fsp3) is 0.333. The van der Waals surface area contributed by atoms with E-state index in [1.807, 2.05) is 0 Å². The maximum Gasteiger partial charge on any atom is 0.274 e. The molecule has 4 nitrogen and oxygen atoms in total. The van der Waals surface area contributed by atoms with Crippen molar-refractivity contribution >= 4 is 29.0 Å². The minimum Gasteiger partial charge on any atom is -0.328 e. The first kappa shape index (κ1) is 16.4. The van der Waals surface area contributed by atoms with Crippen LogP contribution in [0.15, 0.2) is 18.2 Å². The van der Waals surface area contributed by atoms with Gasteiger partial charge in [0.15, 0.2) is 11.6 Å². The van der Waals surface area contributed by atoms with Gasteiger partial charge in [0.05, 0.1) is 21.8 Å². The van der Waals surface area contributed by atoms with E-state index >= 15 is 0 Å². The van der Waals surface area contributed by atoms with Crippen LogP contribution in [0.5, 0.6) is 0 Å². The number of halogens is 2. The smallest absolute Gasteiger partial charge is 0.274 e. The number of hydrogen-bond acceptors (Lipinski definition) is 5. The van der Waals surface area contributed by atoms with Gasteiger partial charge in [-0.05, 0) is 24.6 Å². The molecular weight excluding hydrogens is 340 g/mol. The number of hydrogen-bond donors (Lipinski definition) is 1. The first-order valence-electron chi connectivity index (χ1n) is 7.03. The van der Waals surface area contributed by atoms with Gasteiger partial charge in [-0.3, -0.25) is 4.79 Å². The van der Waals surface area contributed by atoms with Crippen LogP contribution in [0.25, 0.3) is 10.4 Å². The average Bonchev–Trinajstić information content (AvgIpc) is 3.15. The second-order valence-electron chi connectivity index (χ2n) is 5.20. The van der Waals surface area contributed by atoms with Crippen molar-refractivity contribution in [1.29, 1.82) is 0 Å². The van der Waals surface area contributed by atoms with E-state index in [1.54, 1.807) is 23.6 Å². The first-order valence-corrected chi connectivity index (χ1v) is 9.00. The third-order valence-corrected chi connectivity index (χ3v) is 5.73. The lowest BCUT2D eigenvalue weighted by Crippen LogP contribution is -2.41. The number of benzene rings is 1. The summed E-state index contributed by atoms with van der Waals surface area (Å²) in [5.74, 6) is -0.708. The quantitative estimate of drug-likeness (QED) is 0.920. The molecule has 1 amide bonds. The molecule has 0 aliphatic carbocycles. The van der Waals surface area contributed by atoms with Crippen molar-refractivity contribution in [2.24, 2.45) is 5.73 Å². The molecule has 23 heavy (non-hydrogen) atoms. The summed E-state index contributed by atoms with van der Waals surface area (Å²) in [6.45, 7) is 2.17. The van der Waals surface area contributed by atoms with Crippen molar-refractivity contribution in [3.8, 4) is 10.4 Å². The molecule has 8 heteroatoms. The lowest BCUT2D eigenvalue weighted by atomic mass is 10.1. The van der Waals surface area contributed by atoms with Crippen LogP contribution >= 0.6 is 23.1 Å². The highest BCUT2D eigenvalue weighted by Gasteiger charge is 2.32. The molecule has 2 aromatic rings. The van der Waals surface area contributed by atoms with Crippen molar-refractivity contribution in [2.75, 3.05) is 18.2 Å². The summed E-state index contributed by atoms with van der Waals surface area (Å²) in [5, 5.41) is 0.698. The van der Waals surface area contributed by atoms with Gasteiger partial charge >= 0.3 is 0 Å². The summed E-state index contributed by atoms with van der Waals surface area (Å²) in [4.78, 5) is 19.4. The van der Waals surface area contributed by atoms with Crippen molar-refractivity contribution in [3.63, 3.8) is 0 Å². The number of carbonyl (C=O) groups is 1. The van der Waals surface area contributed by atoms with E-state index in [9.17, 15) is 13.6 Å². The molecule has 1 aliphatic heterocycles. The monoisotopic (exact) mass is 355 g/mol. The summed E-state index contributed by atoms with van der Waals surface area (Å²) in [5.41, 5.74) is 6.44. The second kappa shape index (κ2) is 6.54. The molecule has 122 valence electrons. The Labute approximate surface area is 140 Å². The van der Waals surface area contributed by atoms with Gasteiger partial charge < -0.3 is 10.6 Å². The molecule has 0 bridgehead atoms. The van der Waals surface area contributed by atoms with E-state index in [0.717, 1.165) is 17.9 Å². The number of rotatable bonds is 3. The van der Waals surface area contributed by atoms with E-state index in [0.29, 0.717) is 27.9 Å². The molecule has 3 rings (SSSR count). The van der Waals surface area contributed by atoms with Gasteiger partial charge in [0.2, 0.25) is 0 Å². The number of thioether (sulfide) groups is 1. The number of thiazole rings is 1. The molecule has 2 heterocycles. The van der Waals surface area contributed by atoms with Crippen molar-refractivity contribution in [3.05, 3.63) is 40.5 Å². The van der Waals surface area contributed by atoms with Crippen molar-refractivity contribution in [2.45, 2.75) is 13.0 Å². The zero-order valence-corrected chi connectivity index (χ0v) is 14.0. The van der Waals surface area contributed by atoms with Gasteiger partial charge in [-0.1, -0.05) is 6.07 Å². The van der Waals surface area contributed by atoms with Gasteiger partial charge in [0.25, 0.3) is 5.91 Å². The van der Waals surface area contributed by atoms with Gasteiger partial charge in [-0.25, -0.2) is 13.8 Å². The van der Waals surface area contributed by atoms with Crippen LogP contribution in [0.4, 0.5) is 8.78 Å². The molecule has 1 aromatic carbocycles. The summed E-state index contributed by atoms with van der Waals surface area (Å²) in [6.07, 6.45) is 0. The largest absolute Gasteiger partial charge is 0.328 e. The predicted molar refractivity (Wildman–Crippen MR) is 88.5 cm³/mol. The fourth-order valence-electron chi connectivity index (χ4n) is 2.44. The third kappa shape index (κ3) is 3.11. The number of amides is 1. The summed E-state index contributed by atoms with van der Waals surface area (Å²) < 4.78 is 26.7. The van der Waals surface area contributed by atoms with Crippen LogP contribution in [0.1, 0.15) is 15.5 Å². The number of nitrogens with zero attached hydrogens (tertiary/aromatic N) is 2. The Hall–Kier alpha value is -1.51. The topological polar surface area (TPSA) is 59.2 Å². The SMILES string of the molecule is Cc1nc(C(=O)N2CSC[C@H]2CN)c(-c2ccc(F)c(F)c2)s1. The molecule has 1 saturated heterocycles. The standard InChI is InChI=1S/C15H15F2N3OS2/c1-8-19-13(15(21)20-7-22-6-10(20)5-18)14(23-8)9-2-3-11(16)12(17)4-9/h2-4,10H,5-7,18H2,1H3/t10-/m1/s1. The Kier molecular flexibility index (Phi) is 4.65. The molecule has 0 radical (unpaired) electrons. The van der Waals surface area contributed by atoms with Crippen LogP contribution in [-0.4, -0.2) is 40.0 Å². The lowest BCUT2D eigenvalue weighted by molar-refractivity contribution is 0.0748. The van der Waals surface area contributed by atoms with E-state index in [4.69, 9.17) is 5.73 Å². The van der Waals surface area contributed by atoms with Crippen LogP contribution in [-0.2, 0) is 0 Å². The molecule has 0 spiro atoms. The lowest BCUT2D eigenvalue weighted by Gasteiger charge is -2.22. The van der Waals surface area contributed by atoms with Gasteiger partial charge in [0.1, 0.15) is 5.69 Å². The highest BCUT2D eigenvalue weighted by atomic mass is 32.2. The summed E-state index contributed by atoms with van der Waals surface area (Å²) in [7, 11) is 0. The molecule has 1 fully saturated rings. The molecule has 1 aromatic heterocycles. The van der Waals surface area contributed by atoms with Gasteiger partial charge in [-0.15, -0.1) is 23.1 Å². The molecular formula is C15H15F2N3OS2. The Morgan fingerprint density at radius 1 is 1.43 bits per heavy atom. The van der Waals surface area contributed by atoms with Crippen LogP contribution in [0.3, 0.4) is 0 Å². The van der Waals surface area contributed by atoms with Crippen LogP contribution in [0, 0.1) is 18.6 Å². The Morgan fingerprint density at radius 2 is 2.22 bits per heavy atom. The van der Waals surface area contributed by atoms with Crippen molar-refractivity contribution < 1.29 is 13.6 Å². The fourth-order valence-corrected chi connectivity index (χ4v) is 4.57. The maximum absolute atomic E-state index is 13.5. The molecule has 1 atom stereocenters. The van der Waals surface area contributed by atoms with Gasteiger partial charge in [-0.2, -0.15) is 0 Å². The third-order valence-electron chi connectivity index (χ3n) is 3.63. The minimum atomic E-state index is -0.941. The van der Waals surface area contributed by atoms with E-state index in [1.165, 1.54) is 17.4 Å². The Balaban J connectivity index is 2.00. The molecule has 0 saturated carbocycles. The zero-order valence-electron chi connectivity index (χ0n) is 12.4. The predicted octanol–water partition coefficient (Wildman–Crippen LogP) is 2.87. The molecule has 1 aliphatic rings. The van der Waals surface area contributed by atoms with Crippen LogP contribution < -0.4 is 5.73 Å².